The molecule has 2 rings (SSSR count). The molecule has 0 aliphatic heterocycles. The molecule has 1 aromatic carbocycles. The largest absolute Gasteiger partial charge is 0.344 e. The lowest BCUT2D eigenvalue weighted by Crippen LogP contribution is -1.97. The standard InChI is InChI=1S/C11H12ClN3/c1-7-11(15-10(6-13)14-7)8-3-2-4-9(12)5-8/h2-5H,6,13H2,1H3,(H,14,15). The van der Waals surface area contributed by atoms with Gasteiger partial charge in [0.05, 0.1) is 12.2 Å². The van der Waals surface area contributed by atoms with Gasteiger partial charge in [0.1, 0.15) is 5.82 Å². The Labute approximate surface area is 93.3 Å². The first-order valence-corrected chi connectivity index (χ1v) is 5.10. The van der Waals surface area contributed by atoms with Gasteiger partial charge in [-0.3, -0.25) is 0 Å². The second-order valence-corrected chi connectivity index (χ2v) is 3.81. The van der Waals surface area contributed by atoms with Crippen LogP contribution in [-0.2, 0) is 6.54 Å². The summed E-state index contributed by atoms with van der Waals surface area (Å²) < 4.78 is 0. The van der Waals surface area contributed by atoms with Gasteiger partial charge in [0.2, 0.25) is 0 Å². The molecule has 4 heteroatoms. The first kappa shape index (κ1) is 10.2. The van der Waals surface area contributed by atoms with E-state index in [4.69, 9.17) is 17.3 Å². The number of nitrogens with zero attached hydrogens (tertiary/aromatic N) is 1. The van der Waals surface area contributed by atoms with E-state index < -0.39 is 0 Å². The van der Waals surface area contributed by atoms with E-state index >= 15 is 0 Å². The summed E-state index contributed by atoms with van der Waals surface area (Å²) >= 11 is 5.93. The van der Waals surface area contributed by atoms with Crippen molar-refractivity contribution in [2.24, 2.45) is 5.73 Å². The second kappa shape index (κ2) is 4.04. The summed E-state index contributed by atoms with van der Waals surface area (Å²) in [6.07, 6.45) is 0. The van der Waals surface area contributed by atoms with Crippen molar-refractivity contribution in [1.82, 2.24) is 9.97 Å². The molecule has 0 atom stereocenters. The van der Waals surface area contributed by atoms with Crippen LogP contribution in [0.4, 0.5) is 0 Å². The predicted octanol–water partition coefficient (Wildman–Crippen LogP) is 2.50. The number of rotatable bonds is 2. The molecular weight excluding hydrogens is 210 g/mol. The van der Waals surface area contributed by atoms with Gasteiger partial charge in [-0.15, -0.1) is 0 Å². The molecule has 15 heavy (non-hydrogen) atoms. The van der Waals surface area contributed by atoms with Gasteiger partial charge in [0.15, 0.2) is 0 Å². The van der Waals surface area contributed by atoms with Crippen LogP contribution >= 0.6 is 11.6 Å². The molecule has 0 radical (unpaired) electrons. The van der Waals surface area contributed by atoms with E-state index in [1.165, 1.54) is 0 Å². The summed E-state index contributed by atoms with van der Waals surface area (Å²) in [5.41, 5.74) is 8.46. The maximum Gasteiger partial charge on any atom is 0.120 e. The van der Waals surface area contributed by atoms with Crippen LogP contribution in [0.15, 0.2) is 24.3 Å². The zero-order chi connectivity index (χ0) is 10.8. The van der Waals surface area contributed by atoms with Crippen LogP contribution in [0.2, 0.25) is 5.02 Å². The minimum absolute atomic E-state index is 0.418. The lowest BCUT2D eigenvalue weighted by atomic mass is 10.1. The SMILES string of the molecule is Cc1[nH]c(CN)nc1-c1cccc(Cl)c1. The highest BCUT2D eigenvalue weighted by atomic mass is 35.5. The molecule has 0 fully saturated rings. The number of aryl methyl sites for hydroxylation is 1. The minimum Gasteiger partial charge on any atom is -0.344 e. The summed E-state index contributed by atoms with van der Waals surface area (Å²) in [5, 5.41) is 0.712. The van der Waals surface area contributed by atoms with Crippen molar-refractivity contribution >= 4 is 11.6 Å². The molecule has 1 heterocycles. The number of hydrogen-bond acceptors (Lipinski definition) is 2. The maximum absolute atomic E-state index is 5.93. The summed E-state index contributed by atoms with van der Waals surface area (Å²) in [6, 6.07) is 7.63. The molecule has 1 aromatic heterocycles. The third-order valence-electron chi connectivity index (χ3n) is 2.23. The number of halogens is 1. The van der Waals surface area contributed by atoms with E-state index in [0.29, 0.717) is 11.6 Å². The number of benzene rings is 1. The average molecular weight is 222 g/mol. The van der Waals surface area contributed by atoms with Crippen molar-refractivity contribution in [2.45, 2.75) is 13.5 Å². The van der Waals surface area contributed by atoms with Crippen molar-refractivity contribution in [3.8, 4) is 11.3 Å². The van der Waals surface area contributed by atoms with E-state index in [9.17, 15) is 0 Å². The Morgan fingerprint density at radius 3 is 2.87 bits per heavy atom. The lowest BCUT2D eigenvalue weighted by Gasteiger charge is -1.98. The van der Waals surface area contributed by atoms with Gasteiger partial charge in [-0.1, -0.05) is 23.7 Å². The van der Waals surface area contributed by atoms with Gasteiger partial charge >= 0.3 is 0 Å². The molecule has 3 nitrogen and oxygen atoms in total. The second-order valence-electron chi connectivity index (χ2n) is 3.37. The highest BCUT2D eigenvalue weighted by Gasteiger charge is 2.07. The fraction of sp³-hybridized carbons (Fsp3) is 0.182. The average Bonchev–Trinajstić information content (AvgIpc) is 2.60. The van der Waals surface area contributed by atoms with Gasteiger partial charge in [-0.25, -0.2) is 4.98 Å². The Kier molecular flexibility index (Phi) is 2.75. The quantitative estimate of drug-likeness (QED) is 0.819. The number of nitrogens with one attached hydrogen (secondary N) is 1. The number of hydrogen-bond donors (Lipinski definition) is 2. The molecule has 0 aliphatic carbocycles. The first-order valence-electron chi connectivity index (χ1n) is 4.72. The molecule has 0 saturated heterocycles. The van der Waals surface area contributed by atoms with Crippen molar-refractivity contribution in [1.29, 1.82) is 0 Å². The molecule has 0 spiro atoms. The van der Waals surface area contributed by atoms with E-state index in [2.05, 4.69) is 9.97 Å². The van der Waals surface area contributed by atoms with Gasteiger partial charge < -0.3 is 10.7 Å². The van der Waals surface area contributed by atoms with E-state index in [-0.39, 0.29) is 0 Å². The number of aromatic amines is 1. The van der Waals surface area contributed by atoms with Crippen LogP contribution in [0.1, 0.15) is 11.5 Å². The fourth-order valence-corrected chi connectivity index (χ4v) is 1.73. The zero-order valence-corrected chi connectivity index (χ0v) is 9.17. The number of imidazole rings is 1. The minimum atomic E-state index is 0.418. The van der Waals surface area contributed by atoms with Crippen LogP contribution in [0.5, 0.6) is 0 Å². The van der Waals surface area contributed by atoms with Crippen LogP contribution in [-0.4, -0.2) is 9.97 Å². The van der Waals surface area contributed by atoms with Crippen LogP contribution in [0, 0.1) is 6.92 Å². The van der Waals surface area contributed by atoms with E-state index in [1.54, 1.807) is 0 Å². The topological polar surface area (TPSA) is 54.7 Å². The lowest BCUT2D eigenvalue weighted by molar-refractivity contribution is 0.944. The van der Waals surface area contributed by atoms with Crippen LogP contribution < -0.4 is 5.73 Å². The summed E-state index contributed by atoms with van der Waals surface area (Å²) in [7, 11) is 0. The monoisotopic (exact) mass is 221 g/mol. The number of nitrogens with two attached hydrogens (primary N) is 1. The molecule has 3 N–H and O–H groups in total. The molecular formula is C11H12ClN3. The van der Waals surface area contributed by atoms with Crippen molar-refractivity contribution in [2.75, 3.05) is 0 Å². The Morgan fingerprint density at radius 2 is 2.27 bits per heavy atom. The fourth-order valence-electron chi connectivity index (χ4n) is 1.54. The van der Waals surface area contributed by atoms with E-state index in [1.807, 2.05) is 31.2 Å². The first-order chi connectivity index (χ1) is 7.20. The van der Waals surface area contributed by atoms with Gasteiger partial charge in [0.25, 0.3) is 0 Å². The molecule has 0 aliphatic rings. The molecule has 0 saturated carbocycles. The number of aromatic nitrogens is 2. The van der Waals surface area contributed by atoms with Gasteiger partial charge in [-0.2, -0.15) is 0 Å². The Morgan fingerprint density at radius 1 is 1.47 bits per heavy atom. The maximum atomic E-state index is 5.93. The van der Waals surface area contributed by atoms with E-state index in [0.717, 1.165) is 22.8 Å². The smallest absolute Gasteiger partial charge is 0.120 e. The Bertz CT molecular complexity index is 476. The van der Waals surface area contributed by atoms with Crippen LogP contribution in [0.3, 0.4) is 0 Å². The highest BCUT2D eigenvalue weighted by molar-refractivity contribution is 6.30. The van der Waals surface area contributed by atoms with Gasteiger partial charge in [-0.05, 0) is 19.1 Å². The van der Waals surface area contributed by atoms with Crippen molar-refractivity contribution < 1.29 is 0 Å². The summed E-state index contributed by atoms with van der Waals surface area (Å²) in [5.74, 6) is 0.794. The molecule has 0 bridgehead atoms. The predicted molar refractivity (Wildman–Crippen MR) is 61.7 cm³/mol. The third-order valence-corrected chi connectivity index (χ3v) is 2.46. The summed E-state index contributed by atoms with van der Waals surface area (Å²) in [4.78, 5) is 7.53. The third kappa shape index (κ3) is 2.03. The molecule has 2 aromatic rings. The zero-order valence-electron chi connectivity index (χ0n) is 8.42. The summed E-state index contributed by atoms with van der Waals surface area (Å²) in [6.45, 7) is 2.39. The number of H-pyrrole nitrogens is 1. The normalized spacial score (nSPS) is 10.6. The molecule has 78 valence electrons. The Hall–Kier alpha value is -1.32. The van der Waals surface area contributed by atoms with Crippen LogP contribution in [0.25, 0.3) is 11.3 Å². The van der Waals surface area contributed by atoms with Crippen molar-refractivity contribution in [3.63, 3.8) is 0 Å². The highest BCUT2D eigenvalue weighted by Crippen LogP contribution is 2.23. The molecule has 0 amide bonds. The molecule has 0 unspecified atom stereocenters. The van der Waals surface area contributed by atoms with Gasteiger partial charge in [0, 0.05) is 16.3 Å². The Balaban J connectivity index is 2.48. The van der Waals surface area contributed by atoms with Crippen molar-refractivity contribution in [3.05, 3.63) is 40.8 Å².